The molecule has 0 unspecified atom stereocenters. The van der Waals surface area contributed by atoms with E-state index in [4.69, 9.17) is 14.2 Å². The highest BCUT2D eigenvalue weighted by atomic mass is 16.7. The lowest BCUT2D eigenvalue weighted by Gasteiger charge is -1.92. The molecule has 136 valence electrons. The first kappa shape index (κ1) is 17.0. The summed E-state index contributed by atoms with van der Waals surface area (Å²) in [5.74, 6) is 2.65. The Hall–Kier alpha value is -3.47. The summed E-state index contributed by atoms with van der Waals surface area (Å²) >= 11 is 0. The maximum Gasteiger partial charge on any atom is 0.231 e. The van der Waals surface area contributed by atoms with Crippen LogP contribution in [0.2, 0.25) is 0 Å². The predicted octanol–water partition coefficient (Wildman–Crippen LogP) is 4.51. The molecule has 1 aromatic heterocycles. The molecule has 3 aromatic rings. The molecule has 0 saturated carbocycles. The standard InChI is InChI=1S/C8H7N.C7H7NO.C7H6O2/c1-3-7-4-2-6-9-8(7)5-1;2*1-2-4-7-6(3-1)8-5-9-7/h1-2,4-6H,3H2;1-4,8H,5H2;1-4H,5H2. The summed E-state index contributed by atoms with van der Waals surface area (Å²) in [7, 11) is 0. The smallest absolute Gasteiger partial charge is 0.231 e. The van der Waals surface area contributed by atoms with Crippen molar-refractivity contribution in [1.29, 1.82) is 0 Å². The second-order valence-electron chi connectivity index (χ2n) is 5.97. The number of anilines is 1. The minimum atomic E-state index is 0.360. The first-order valence-electron chi connectivity index (χ1n) is 8.81. The van der Waals surface area contributed by atoms with Crippen molar-refractivity contribution in [2.24, 2.45) is 0 Å². The van der Waals surface area contributed by atoms with Crippen molar-refractivity contribution in [2.75, 3.05) is 18.8 Å². The average molecular weight is 360 g/mol. The third-order valence-corrected chi connectivity index (χ3v) is 4.19. The Morgan fingerprint density at radius 2 is 1.52 bits per heavy atom. The maximum absolute atomic E-state index is 5.19. The van der Waals surface area contributed by atoms with Crippen molar-refractivity contribution in [2.45, 2.75) is 6.42 Å². The number of nitrogens with zero attached hydrogens (tertiary/aromatic N) is 1. The summed E-state index contributed by atoms with van der Waals surface area (Å²) in [5.41, 5.74) is 3.58. The van der Waals surface area contributed by atoms with Gasteiger partial charge in [-0.25, -0.2) is 0 Å². The van der Waals surface area contributed by atoms with Gasteiger partial charge in [0.15, 0.2) is 18.2 Å². The van der Waals surface area contributed by atoms with Gasteiger partial charge in [-0.05, 0) is 48.4 Å². The van der Waals surface area contributed by atoms with Gasteiger partial charge in [-0.3, -0.25) is 4.98 Å². The number of rotatable bonds is 0. The number of benzene rings is 2. The minimum absolute atomic E-state index is 0.360. The van der Waals surface area contributed by atoms with E-state index in [9.17, 15) is 0 Å². The normalized spacial score (nSPS) is 13.8. The Morgan fingerprint density at radius 1 is 0.778 bits per heavy atom. The largest absolute Gasteiger partial charge is 0.471 e. The topological polar surface area (TPSA) is 52.6 Å². The van der Waals surface area contributed by atoms with Gasteiger partial charge in [0.1, 0.15) is 5.75 Å². The van der Waals surface area contributed by atoms with Crippen LogP contribution in [0.5, 0.6) is 17.2 Å². The van der Waals surface area contributed by atoms with Crippen molar-refractivity contribution >= 4 is 11.8 Å². The SMILES string of the molecule is C1=Cc2ncccc2C1.c1ccc2c(c1)NCO2.c1ccc2c(c1)OCO2. The van der Waals surface area contributed by atoms with E-state index in [0.717, 1.165) is 35.1 Å². The van der Waals surface area contributed by atoms with E-state index in [1.165, 1.54) is 5.56 Å². The van der Waals surface area contributed by atoms with Crippen LogP contribution >= 0.6 is 0 Å². The van der Waals surface area contributed by atoms with Gasteiger partial charge in [-0.15, -0.1) is 0 Å². The average Bonchev–Trinajstić information content (AvgIpc) is 3.48. The van der Waals surface area contributed by atoms with Crippen molar-refractivity contribution in [3.8, 4) is 17.2 Å². The molecule has 0 amide bonds. The molecule has 2 aliphatic heterocycles. The molecule has 27 heavy (non-hydrogen) atoms. The number of fused-ring (bicyclic) bond motifs is 3. The Morgan fingerprint density at radius 3 is 2.26 bits per heavy atom. The van der Waals surface area contributed by atoms with Crippen LogP contribution in [0.15, 0.2) is 72.9 Å². The van der Waals surface area contributed by atoms with Crippen LogP contribution in [0.1, 0.15) is 11.3 Å². The highest BCUT2D eigenvalue weighted by molar-refractivity contribution is 5.58. The molecule has 0 fully saturated rings. The van der Waals surface area contributed by atoms with E-state index in [2.05, 4.69) is 28.5 Å². The highest BCUT2D eigenvalue weighted by Gasteiger charge is 2.09. The number of nitrogens with one attached hydrogen (secondary N) is 1. The second kappa shape index (κ2) is 8.27. The number of hydrogen-bond acceptors (Lipinski definition) is 5. The van der Waals surface area contributed by atoms with Crippen LogP contribution in [-0.2, 0) is 6.42 Å². The van der Waals surface area contributed by atoms with Crippen LogP contribution in [-0.4, -0.2) is 18.5 Å². The van der Waals surface area contributed by atoms with Crippen molar-refractivity contribution in [1.82, 2.24) is 4.98 Å². The Bertz CT molecular complexity index is 834. The summed E-state index contributed by atoms with van der Waals surface area (Å²) < 4.78 is 15.3. The summed E-state index contributed by atoms with van der Waals surface area (Å²) in [6.07, 6.45) is 7.09. The lowest BCUT2D eigenvalue weighted by Crippen LogP contribution is -1.96. The van der Waals surface area contributed by atoms with E-state index in [-0.39, 0.29) is 0 Å². The van der Waals surface area contributed by atoms with Crippen molar-refractivity contribution < 1.29 is 14.2 Å². The van der Waals surface area contributed by atoms with Gasteiger partial charge >= 0.3 is 0 Å². The van der Waals surface area contributed by atoms with Gasteiger partial charge in [0.2, 0.25) is 6.79 Å². The zero-order valence-corrected chi connectivity index (χ0v) is 14.8. The van der Waals surface area contributed by atoms with Gasteiger partial charge in [-0.2, -0.15) is 0 Å². The van der Waals surface area contributed by atoms with Crippen LogP contribution in [0.3, 0.4) is 0 Å². The fourth-order valence-corrected chi connectivity index (χ4v) is 2.85. The first-order chi connectivity index (χ1) is 13.4. The lowest BCUT2D eigenvalue weighted by atomic mass is 10.2. The third-order valence-electron chi connectivity index (χ3n) is 4.19. The predicted molar refractivity (Wildman–Crippen MR) is 105 cm³/mol. The molecule has 5 nitrogen and oxygen atoms in total. The lowest BCUT2D eigenvalue weighted by molar-refractivity contribution is 0.174. The van der Waals surface area contributed by atoms with E-state index in [1.807, 2.05) is 60.8 Å². The highest BCUT2D eigenvalue weighted by Crippen LogP contribution is 2.30. The van der Waals surface area contributed by atoms with Crippen LogP contribution < -0.4 is 19.5 Å². The van der Waals surface area contributed by atoms with E-state index in [0.29, 0.717) is 13.5 Å². The molecule has 0 saturated heterocycles. The molecule has 0 radical (unpaired) electrons. The van der Waals surface area contributed by atoms with Crippen molar-refractivity contribution in [3.63, 3.8) is 0 Å². The van der Waals surface area contributed by atoms with Gasteiger partial charge in [0.05, 0.1) is 11.4 Å². The molecule has 1 N–H and O–H groups in total. The number of hydrogen-bond donors (Lipinski definition) is 1. The van der Waals surface area contributed by atoms with Gasteiger partial charge in [0.25, 0.3) is 0 Å². The quantitative estimate of drug-likeness (QED) is 0.639. The molecule has 3 aliphatic rings. The Kier molecular flexibility index (Phi) is 5.20. The molecule has 2 aromatic carbocycles. The van der Waals surface area contributed by atoms with E-state index in [1.54, 1.807) is 0 Å². The van der Waals surface area contributed by atoms with Gasteiger partial charge < -0.3 is 19.5 Å². The number of para-hydroxylation sites is 4. The van der Waals surface area contributed by atoms with Gasteiger partial charge in [0, 0.05) is 6.20 Å². The van der Waals surface area contributed by atoms with Crippen LogP contribution in [0.4, 0.5) is 5.69 Å². The fourth-order valence-electron chi connectivity index (χ4n) is 2.85. The molecule has 6 rings (SSSR count). The summed E-state index contributed by atoms with van der Waals surface area (Å²) in [6, 6.07) is 19.6. The fraction of sp³-hybridized carbons (Fsp3) is 0.136. The summed E-state index contributed by atoms with van der Waals surface area (Å²) in [5, 5.41) is 3.08. The summed E-state index contributed by atoms with van der Waals surface area (Å²) in [6.45, 7) is 0.971. The Labute approximate surface area is 158 Å². The molecular weight excluding hydrogens is 340 g/mol. The molecule has 3 heterocycles. The Balaban J connectivity index is 0.0000001000. The third kappa shape index (κ3) is 4.20. The zero-order chi connectivity index (χ0) is 18.3. The molecule has 1 aliphatic carbocycles. The van der Waals surface area contributed by atoms with Crippen molar-refractivity contribution in [3.05, 3.63) is 84.2 Å². The second-order valence-corrected chi connectivity index (χ2v) is 5.97. The molecular formula is C22H20N2O3. The molecule has 0 spiro atoms. The number of aromatic nitrogens is 1. The molecule has 0 atom stereocenters. The van der Waals surface area contributed by atoms with Gasteiger partial charge in [-0.1, -0.05) is 36.4 Å². The zero-order valence-electron chi connectivity index (χ0n) is 14.8. The molecule has 5 heteroatoms. The van der Waals surface area contributed by atoms with E-state index >= 15 is 0 Å². The number of pyridine rings is 1. The number of allylic oxidation sites excluding steroid dienone is 1. The maximum atomic E-state index is 5.19. The molecule has 0 bridgehead atoms. The van der Waals surface area contributed by atoms with E-state index < -0.39 is 0 Å². The minimum Gasteiger partial charge on any atom is -0.471 e. The van der Waals surface area contributed by atoms with Crippen LogP contribution in [0, 0.1) is 0 Å². The number of ether oxygens (including phenoxy) is 3. The summed E-state index contributed by atoms with van der Waals surface area (Å²) in [4.78, 5) is 4.17. The monoisotopic (exact) mass is 360 g/mol. The van der Waals surface area contributed by atoms with Crippen LogP contribution in [0.25, 0.3) is 6.08 Å². The first-order valence-corrected chi connectivity index (χ1v) is 8.81.